The van der Waals surface area contributed by atoms with E-state index in [9.17, 15) is 24.5 Å². The number of allylic oxidation sites excluding steroid dienone is 7. The van der Waals surface area contributed by atoms with Gasteiger partial charge >= 0.3 is 7.82 Å². The zero-order valence-electron chi connectivity index (χ0n) is 35.3. The van der Waals surface area contributed by atoms with E-state index in [1.807, 2.05) is 6.08 Å². The number of nitrogens with one attached hydrogen (secondary N) is 1. The summed E-state index contributed by atoms with van der Waals surface area (Å²) in [6, 6.07) is -1.00. The topological polar surface area (TPSA) is 151 Å². The Labute approximate surface area is 337 Å². The molecule has 0 aromatic heterocycles. The molecule has 0 saturated carbocycles. The van der Waals surface area contributed by atoms with E-state index >= 15 is 0 Å². The minimum Gasteiger partial charge on any atom is -0.393 e. The average Bonchev–Trinajstić information content (AvgIpc) is 3.16. The van der Waals surface area contributed by atoms with Gasteiger partial charge in [-0.1, -0.05) is 172 Å². The van der Waals surface area contributed by atoms with Crippen LogP contribution in [0, 0.1) is 0 Å². The Morgan fingerprint density at radius 2 is 1.09 bits per heavy atom. The Morgan fingerprint density at radius 1 is 0.636 bits per heavy atom. The zero-order chi connectivity index (χ0) is 40.5. The van der Waals surface area contributed by atoms with Gasteiger partial charge in [0.1, 0.15) is 0 Å². The van der Waals surface area contributed by atoms with Crippen molar-refractivity contribution < 1.29 is 33.5 Å². The van der Waals surface area contributed by atoms with E-state index < -0.39 is 38.6 Å². The first-order chi connectivity index (χ1) is 26.8. The second kappa shape index (κ2) is 40.6. The lowest BCUT2D eigenvalue weighted by atomic mass is 10.0. The van der Waals surface area contributed by atoms with Crippen molar-refractivity contribution in [3.8, 4) is 0 Å². The molecule has 55 heavy (non-hydrogen) atoms. The van der Waals surface area contributed by atoms with Crippen LogP contribution in [0.25, 0.3) is 0 Å². The first kappa shape index (κ1) is 53.4. The quantitative estimate of drug-likeness (QED) is 0.0233. The summed E-state index contributed by atoms with van der Waals surface area (Å²) in [6.07, 6.45) is 46.2. The smallest absolute Gasteiger partial charge is 0.393 e. The van der Waals surface area contributed by atoms with Crippen LogP contribution in [0.3, 0.4) is 0 Å². The fourth-order valence-electron chi connectivity index (χ4n) is 6.28. The van der Waals surface area contributed by atoms with Crippen LogP contribution in [-0.4, -0.2) is 59.0 Å². The van der Waals surface area contributed by atoms with E-state index in [0.29, 0.717) is 12.8 Å². The molecule has 0 saturated heterocycles. The lowest BCUT2D eigenvalue weighted by Crippen LogP contribution is -2.46. The predicted molar refractivity (Wildman–Crippen MR) is 232 cm³/mol. The molecule has 0 aromatic carbocycles. The van der Waals surface area contributed by atoms with Gasteiger partial charge in [0.25, 0.3) is 0 Å². The predicted octanol–water partition coefficient (Wildman–Crippen LogP) is 11.5. The highest BCUT2D eigenvalue weighted by atomic mass is 31.2. The Bertz CT molecular complexity index is 1020. The number of rotatable bonds is 41. The number of unbranched alkanes of at least 4 members (excludes halogenated alkanes) is 21. The first-order valence-corrected chi connectivity index (χ1v) is 23.8. The van der Waals surface area contributed by atoms with Crippen molar-refractivity contribution >= 4 is 13.7 Å². The van der Waals surface area contributed by atoms with Gasteiger partial charge < -0.3 is 26.2 Å². The summed E-state index contributed by atoms with van der Waals surface area (Å²) in [5.41, 5.74) is 5.36. The van der Waals surface area contributed by atoms with Crippen LogP contribution in [0.15, 0.2) is 48.6 Å². The molecule has 10 heteroatoms. The Balaban J connectivity index is 4.39. The third-order valence-electron chi connectivity index (χ3n) is 9.68. The summed E-state index contributed by atoms with van der Waals surface area (Å²) in [7, 11) is -4.41. The molecule has 322 valence electrons. The minimum absolute atomic E-state index is 0.0415. The summed E-state index contributed by atoms with van der Waals surface area (Å²) in [6.45, 7) is 3.91. The van der Waals surface area contributed by atoms with Crippen LogP contribution in [0.4, 0.5) is 0 Å². The molecule has 0 rings (SSSR count). The van der Waals surface area contributed by atoms with Crippen LogP contribution < -0.4 is 11.1 Å². The molecule has 0 radical (unpaired) electrons. The highest BCUT2D eigenvalue weighted by Gasteiger charge is 2.27. The SMILES string of the molecule is CCCCC/C=C\C/C=C\CCCCCCCC(O)CC(=O)NC(COP(=O)(O)OCCN)C(O)/C=C/CC/C=C/CCCCCCCCCCCCCC. The van der Waals surface area contributed by atoms with Crippen LogP contribution >= 0.6 is 7.82 Å². The van der Waals surface area contributed by atoms with Crippen LogP contribution in [0.2, 0.25) is 0 Å². The van der Waals surface area contributed by atoms with Gasteiger partial charge in [0, 0.05) is 6.54 Å². The van der Waals surface area contributed by atoms with E-state index in [2.05, 4.69) is 55.6 Å². The standard InChI is InChI=1S/C45H85N2O7P/c1-3-5-7-9-11-13-15-17-19-20-21-23-25-27-29-31-33-35-37-44(49)43(41-54-55(51,52)53-39-38-46)47-45(50)40-42(48)36-34-32-30-28-26-24-22-18-16-14-12-10-8-6-4-2/h12,14,18,22,27,29,35,37,42-44,48-49H,3-11,13,15-17,19-21,23-26,28,30-34,36,38-41,46H2,1-2H3,(H,47,50)(H,51,52)/b14-12-,22-18-,29-27+,37-35+. The third kappa shape index (κ3) is 39.0. The van der Waals surface area contributed by atoms with Crippen molar-refractivity contribution in [2.45, 2.75) is 212 Å². The maximum absolute atomic E-state index is 12.8. The molecular weight excluding hydrogens is 711 g/mol. The summed E-state index contributed by atoms with van der Waals surface area (Å²) in [5.74, 6) is -0.465. The number of phosphoric ester groups is 1. The van der Waals surface area contributed by atoms with Gasteiger partial charge in [0.05, 0.1) is 37.9 Å². The van der Waals surface area contributed by atoms with Crippen LogP contribution in [0.5, 0.6) is 0 Å². The van der Waals surface area contributed by atoms with Crippen molar-refractivity contribution in [1.29, 1.82) is 0 Å². The highest BCUT2D eigenvalue weighted by Crippen LogP contribution is 2.43. The lowest BCUT2D eigenvalue weighted by molar-refractivity contribution is -0.124. The number of nitrogens with two attached hydrogens (primary N) is 1. The van der Waals surface area contributed by atoms with E-state index in [4.69, 9.17) is 14.8 Å². The molecule has 1 amide bonds. The van der Waals surface area contributed by atoms with Crippen molar-refractivity contribution in [3.05, 3.63) is 48.6 Å². The van der Waals surface area contributed by atoms with Crippen molar-refractivity contribution in [1.82, 2.24) is 5.32 Å². The normalized spacial score (nSPS) is 15.1. The van der Waals surface area contributed by atoms with Crippen LogP contribution in [-0.2, 0) is 18.4 Å². The minimum atomic E-state index is -4.41. The molecule has 0 bridgehead atoms. The molecule has 0 spiro atoms. The molecule has 4 atom stereocenters. The van der Waals surface area contributed by atoms with E-state index in [1.165, 1.54) is 103 Å². The molecule has 0 aliphatic rings. The molecule has 4 unspecified atom stereocenters. The van der Waals surface area contributed by atoms with Gasteiger partial charge in [0.2, 0.25) is 5.91 Å². The second-order valence-electron chi connectivity index (χ2n) is 15.1. The maximum atomic E-state index is 12.8. The van der Waals surface area contributed by atoms with Crippen molar-refractivity contribution in [2.24, 2.45) is 5.73 Å². The van der Waals surface area contributed by atoms with E-state index in [1.54, 1.807) is 6.08 Å². The summed E-state index contributed by atoms with van der Waals surface area (Å²) >= 11 is 0. The molecule has 0 heterocycles. The van der Waals surface area contributed by atoms with Gasteiger partial charge in [-0.15, -0.1) is 0 Å². The molecule has 0 aliphatic heterocycles. The van der Waals surface area contributed by atoms with Gasteiger partial charge in [-0.25, -0.2) is 4.57 Å². The van der Waals surface area contributed by atoms with E-state index in [-0.39, 0.29) is 19.6 Å². The summed E-state index contributed by atoms with van der Waals surface area (Å²) < 4.78 is 22.1. The van der Waals surface area contributed by atoms with Gasteiger partial charge in [-0.05, 0) is 64.2 Å². The Morgan fingerprint density at radius 3 is 1.65 bits per heavy atom. The number of carbonyl (C=O) groups is 1. The number of phosphoric acid groups is 1. The third-order valence-corrected chi connectivity index (χ3v) is 10.7. The number of carbonyl (C=O) groups excluding carboxylic acids is 1. The van der Waals surface area contributed by atoms with Crippen molar-refractivity contribution in [2.75, 3.05) is 19.8 Å². The highest BCUT2D eigenvalue weighted by molar-refractivity contribution is 7.47. The van der Waals surface area contributed by atoms with Gasteiger partial charge in [-0.2, -0.15) is 0 Å². The number of amides is 1. The summed E-state index contributed by atoms with van der Waals surface area (Å²) in [5, 5.41) is 24.0. The van der Waals surface area contributed by atoms with E-state index in [0.717, 1.165) is 57.8 Å². The molecule has 0 aliphatic carbocycles. The monoisotopic (exact) mass is 797 g/mol. The molecule has 6 N–H and O–H groups in total. The number of hydrogen-bond donors (Lipinski definition) is 5. The molecule has 0 aromatic rings. The fraction of sp³-hybridized carbons (Fsp3) is 0.800. The summed E-state index contributed by atoms with van der Waals surface area (Å²) in [4.78, 5) is 22.8. The lowest BCUT2D eigenvalue weighted by Gasteiger charge is -2.24. The van der Waals surface area contributed by atoms with Gasteiger partial charge in [-0.3, -0.25) is 13.8 Å². The first-order valence-electron chi connectivity index (χ1n) is 22.3. The maximum Gasteiger partial charge on any atom is 0.472 e. The Hall–Kier alpha value is -1.58. The number of aliphatic hydroxyl groups is 2. The molecule has 0 fully saturated rings. The second-order valence-corrected chi connectivity index (χ2v) is 16.5. The average molecular weight is 797 g/mol. The fourth-order valence-corrected chi connectivity index (χ4v) is 7.04. The molecule has 9 nitrogen and oxygen atoms in total. The zero-order valence-corrected chi connectivity index (χ0v) is 36.2. The van der Waals surface area contributed by atoms with Gasteiger partial charge in [0.15, 0.2) is 0 Å². The number of hydrogen-bond acceptors (Lipinski definition) is 7. The number of aliphatic hydroxyl groups excluding tert-OH is 2. The van der Waals surface area contributed by atoms with Crippen LogP contribution in [0.1, 0.15) is 194 Å². The van der Waals surface area contributed by atoms with Crippen molar-refractivity contribution in [3.63, 3.8) is 0 Å². The largest absolute Gasteiger partial charge is 0.472 e. The Kier molecular flexibility index (Phi) is 39.4. The molecular formula is C45H85N2O7P.